The van der Waals surface area contributed by atoms with E-state index in [1.807, 2.05) is 13.8 Å². The van der Waals surface area contributed by atoms with Gasteiger partial charge in [0.1, 0.15) is 5.82 Å². The zero-order valence-electron chi connectivity index (χ0n) is 15.0. The molecular weight excluding hydrogens is 351 g/mol. The molecule has 0 fully saturated rings. The normalized spacial score (nSPS) is 11.7. The van der Waals surface area contributed by atoms with E-state index in [1.54, 1.807) is 0 Å². The average molecular weight is 372 g/mol. The van der Waals surface area contributed by atoms with Crippen LogP contribution in [0.4, 0.5) is 4.39 Å². The molecule has 2 amide bonds. The largest absolute Gasteiger partial charge is 0.481 e. The summed E-state index contributed by atoms with van der Waals surface area (Å²) in [6.07, 6.45) is 0. The molecule has 3 N–H and O–H groups in total. The molecule has 142 valence electrons. The Morgan fingerprint density at radius 2 is 1.44 bits per heavy atom. The van der Waals surface area contributed by atoms with E-state index in [0.29, 0.717) is 16.7 Å². The summed E-state index contributed by atoms with van der Waals surface area (Å²) in [6.45, 7) is 3.55. The molecule has 1 unspecified atom stereocenters. The highest BCUT2D eigenvalue weighted by molar-refractivity contribution is 5.98. The first kappa shape index (κ1) is 20.1. The van der Waals surface area contributed by atoms with E-state index in [1.165, 1.54) is 48.5 Å². The Bertz CT molecular complexity index is 817. The topological polar surface area (TPSA) is 95.5 Å². The van der Waals surface area contributed by atoms with Crippen LogP contribution in [0.5, 0.6) is 0 Å². The van der Waals surface area contributed by atoms with Crippen LogP contribution in [0.3, 0.4) is 0 Å². The van der Waals surface area contributed by atoms with Crippen molar-refractivity contribution in [2.24, 2.45) is 0 Å². The lowest BCUT2D eigenvalue weighted by Crippen LogP contribution is -2.32. The van der Waals surface area contributed by atoms with Crippen molar-refractivity contribution in [3.8, 4) is 0 Å². The molecule has 0 saturated heterocycles. The van der Waals surface area contributed by atoms with Crippen LogP contribution < -0.4 is 10.6 Å². The Balaban J connectivity index is 2.02. The van der Waals surface area contributed by atoms with Gasteiger partial charge in [-0.15, -0.1) is 0 Å². The molecule has 0 bridgehead atoms. The van der Waals surface area contributed by atoms with E-state index in [9.17, 15) is 23.9 Å². The molecule has 7 heteroatoms. The van der Waals surface area contributed by atoms with E-state index >= 15 is 0 Å². The van der Waals surface area contributed by atoms with E-state index < -0.39 is 23.6 Å². The fraction of sp³-hybridized carbons (Fsp3) is 0.250. The maximum atomic E-state index is 13.0. The van der Waals surface area contributed by atoms with Crippen LogP contribution in [0, 0.1) is 5.82 Å². The first-order chi connectivity index (χ1) is 12.8. The van der Waals surface area contributed by atoms with Crippen molar-refractivity contribution in [1.29, 1.82) is 0 Å². The van der Waals surface area contributed by atoms with Gasteiger partial charge in [-0.1, -0.05) is 12.1 Å². The van der Waals surface area contributed by atoms with E-state index in [0.717, 1.165) is 0 Å². The summed E-state index contributed by atoms with van der Waals surface area (Å²) >= 11 is 0. The standard InChI is InChI=1S/C20H21FN2O4/c1-12(2)23-19(25)15-5-3-14(4-6-15)18(24)22-11-17(20(26)27)13-7-9-16(21)10-8-13/h3-10,12,17H,11H2,1-2H3,(H,22,24)(H,23,25)(H,26,27). The Kier molecular flexibility index (Phi) is 6.65. The first-order valence-electron chi connectivity index (χ1n) is 8.45. The highest BCUT2D eigenvalue weighted by atomic mass is 19.1. The van der Waals surface area contributed by atoms with Gasteiger partial charge in [-0.25, -0.2) is 4.39 Å². The number of carboxylic acids is 1. The van der Waals surface area contributed by atoms with Crippen LogP contribution in [-0.4, -0.2) is 35.5 Å². The minimum atomic E-state index is -1.12. The first-order valence-corrected chi connectivity index (χ1v) is 8.45. The van der Waals surface area contributed by atoms with Crippen LogP contribution in [0.1, 0.15) is 46.0 Å². The van der Waals surface area contributed by atoms with Gasteiger partial charge < -0.3 is 15.7 Å². The maximum Gasteiger partial charge on any atom is 0.312 e. The number of carboxylic acid groups (broad SMARTS) is 1. The molecule has 0 spiro atoms. The number of nitrogens with one attached hydrogen (secondary N) is 2. The van der Waals surface area contributed by atoms with Crippen molar-refractivity contribution in [3.63, 3.8) is 0 Å². The van der Waals surface area contributed by atoms with Gasteiger partial charge in [0.2, 0.25) is 0 Å². The van der Waals surface area contributed by atoms with Crippen molar-refractivity contribution in [2.45, 2.75) is 25.8 Å². The Hall–Kier alpha value is -3.22. The maximum absolute atomic E-state index is 13.0. The molecule has 0 heterocycles. The number of hydrogen-bond donors (Lipinski definition) is 3. The predicted molar refractivity (Wildman–Crippen MR) is 98.2 cm³/mol. The highest BCUT2D eigenvalue weighted by Gasteiger charge is 2.21. The third kappa shape index (κ3) is 5.64. The number of carbonyl (C=O) groups excluding carboxylic acids is 2. The predicted octanol–water partition coefficient (Wildman–Crippen LogP) is 2.56. The van der Waals surface area contributed by atoms with Gasteiger partial charge in [0.25, 0.3) is 11.8 Å². The Morgan fingerprint density at radius 1 is 0.926 bits per heavy atom. The second-order valence-corrected chi connectivity index (χ2v) is 6.36. The van der Waals surface area contributed by atoms with Crippen molar-refractivity contribution < 1.29 is 23.9 Å². The molecule has 0 aromatic heterocycles. The minimum Gasteiger partial charge on any atom is -0.481 e. The van der Waals surface area contributed by atoms with Gasteiger partial charge in [0.15, 0.2) is 0 Å². The summed E-state index contributed by atoms with van der Waals surface area (Å²) in [4.78, 5) is 35.6. The van der Waals surface area contributed by atoms with E-state index in [2.05, 4.69) is 10.6 Å². The molecule has 0 aliphatic heterocycles. The molecule has 0 radical (unpaired) electrons. The quantitative estimate of drug-likeness (QED) is 0.696. The van der Waals surface area contributed by atoms with Gasteiger partial charge >= 0.3 is 5.97 Å². The molecule has 0 aliphatic carbocycles. The molecule has 6 nitrogen and oxygen atoms in total. The van der Waals surface area contributed by atoms with E-state index in [-0.39, 0.29) is 18.5 Å². The van der Waals surface area contributed by atoms with Gasteiger partial charge in [-0.05, 0) is 55.8 Å². The van der Waals surface area contributed by atoms with Crippen LogP contribution in [0.25, 0.3) is 0 Å². The fourth-order valence-electron chi connectivity index (χ4n) is 2.46. The lowest BCUT2D eigenvalue weighted by Gasteiger charge is -2.14. The summed E-state index contributed by atoms with van der Waals surface area (Å²) < 4.78 is 13.0. The van der Waals surface area contributed by atoms with Crippen molar-refractivity contribution in [1.82, 2.24) is 10.6 Å². The van der Waals surface area contributed by atoms with Gasteiger partial charge in [-0.2, -0.15) is 0 Å². The third-order valence-corrected chi connectivity index (χ3v) is 3.87. The second-order valence-electron chi connectivity index (χ2n) is 6.36. The summed E-state index contributed by atoms with van der Waals surface area (Å²) in [5.74, 6) is -3.28. The smallest absolute Gasteiger partial charge is 0.312 e. The summed E-state index contributed by atoms with van der Waals surface area (Å²) in [6, 6.07) is 11.2. The minimum absolute atomic E-state index is 0.000103. The number of benzene rings is 2. The number of rotatable bonds is 7. The van der Waals surface area contributed by atoms with E-state index in [4.69, 9.17) is 0 Å². The van der Waals surface area contributed by atoms with Gasteiger partial charge in [0, 0.05) is 23.7 Å². The Labute approximate surface area is 156 Å². The number of amides is 2. The molecular formula is C20H21FN2O4. The molecule has 2 rings (SSSR count). The number of halogens is 1. The van der Waals surface area contributed by atoms with Crippen molar-refractivity contribution >= 4 is 17.8 Å². The SMILES string of the molecule is CC(C)NC(=O)c1ccc(C(=O)NCC(C(=O)O)c2ccc(F)cc2)cc1. The second kappa shape index (κ2) is 8.93. The lowest BCUT2D eigenvalue weighted by molar-refractivity contribution is -0.138. The number of carbonyl (C=O) groups is 3. The fourth-order valence-corrected chi connectivity index (χ4v) is 2.46. The van der Waals surface area contributed by atoms with Crippen LogP contribution in [0.15, 0.2) is 48.5 Å². The van der Waals surface area contributed by atoms with Gasteiger partial charge in [-0.3, -0.25) is 14.4 Å². The summed E-state index contributed by atoms with van der Waals surface area (Å²) in [7, 11) is 0. The van der Waals surface area contributed by atoms with Crippen LogP contribution in [-0.2, 0) is 4.79 Å². The summed E-state index contributed by atoms with van der Waals surface area (Å²) in [5.41, 5.74) is 1.12. The Morgan fingerprint density at radius 3 is 1.93 bits per heavy atom. The molecule has 27 heavy (non-hydrogen) atoms. The number of aliphatic carboxylic acids is 1. The molecule has 0 saturated carbocycles. The zero-order valence-corrected chi connectivity index (χ0v) is 15.0. The molecule has 2 aromatic carbocycles. The van der Waals surface area contributed by atoms with Crippen LogP contribution in [0.2, 0.25) is 0 Å². The summed E-state index contributed by atoms with van der Waals surface area (Å²) in [5, 5.41) is 14.7. The molecule has 2 aromatic rings. The van der Waals surface area contributed by atoms with Crippen molar-refractivity contribution in [3.05, 3.63) is 71.0 Å². The monoisotopic (exact) mass is 372 g/mol. The van der Waals surface area contributed by atoms with Crippen molar-refractivity contribution in [2.75, 3.05) is 6.54 Å². The van der Waals surface area contributed by atoms with Gasteiger partial charge in [0.05, 0.1) is 5.92 Å². The number of hydrogen-bond acceptors (Lipinski definition) is 3. The molecule has 0 aliphatic rings. The van der Waals surface area contributed by atoms with Crippen LogP contribution >= 0.6 is 0 Å². The lowest BCUT2D eigenvalue weighted by atomic mass is 9.99. The highest BCUT2D eigenvalue weighted by Crippen LogP contribution is 2.16. The zero-order chi connectivity index (χ0) is 20.0. The average Bonchev–Trinajstić information content (AvgIpc) is 2.62. The molecule has 1 atom stereocenters. The third-order valence-electron chi connectivity index (χ3n) is 3.87.